The molecule has 0 fully saturated rings. The molecule has 0 aliphatic heterocycles. The van der Waals surface area contributed by atoms with E-state index in [0.717, 1.165) is 30.4 Å². The van der Waals surface area contributed by atoms with Gasteiger partial charge in [-0.25, -0.2) is 4.68 Å². The van der Waals surface area contributed by atoms with Crippen molar-refractivity contribution in [2.45, 2.75) is 45.6 Å². The van der Waals surface area contributed by atoms with Gasteiger partial charge in [0.05, 0.1) is 6.54 Å². The first-order valence-corrected chi connectivity index (χ1v) is 9.21. The number of carbonyl (C=O) groups excluding carboxylic acids is 1. The van der Waals surface area contributed by atoms with Crippen LogP contribution in [0, 0.1) is 6.92 Å². The Kier molecular flexibility index (Phi) is 6.00. The number of aromatic nitrogens is 2. The lowest BCUT2D eigenvalue weighted by Gasteiger charge is -2.13. The van der Waals surface area contributed by atoms with Crippen molar-refractivity contribution in [3.05, 3.63) is 75.2 Å². The first kappa shape index (κ1) is 18.1. The summed E-state index contributed by atoms with van der Waals surface area (Å²) in [5.74, 6) is -0.237. The highest BCUT2D eigenvalue weighted by molar-refractivity contribution is 5.91. The molecule has 2 aromatic rings. The Bertz CT molecular complexity index is 850. The summed E-state index contributed by atoms with van der Waals surface area (Å²) in [7, 11) is 0. The first-order valence-electron chi connectivity index (χ1n) is 9.21. The minimum Gasteiger partial charge on any atom is -0.350 e. The number of carbonyl (C=O) groups is 1. The fourth-order valence-electron chi connectivity index (χ4n) is 3.11. The molecule has 3 rings (SSSR count). The molecule has 136 valence electrons. The van der Waals surface area contributed by atoms with E-state index < -0.39 is 0 Å². The predicted molar refractivity (Wildman–Crippen MR) is 102 cm³/mol. The van der Waals surface area contributed by atoms with Crippen LogP contribution < -0.4 is 10.9 Å². The van der Waals surface area contributed by atoms with Gasteiger partial charge in [0.15, 0.2) is 0 Å². The highest BCUT2D eigenvalue weighted by Crippen LogP contribution is 2.19. The van der Waals surface area contributed by atoms with E-state index in [4.69, 9.17) is 0 Å². The average Bonchev–Trinajstić information content (AvgIpc) is 2.66. The second-order valence-corrected chi connectivity index (χ2v) is 6.81. The number of aryl methyl sites for hydroxylation is 1. The standard InChI is InChI=1S/C21H25N3O2/c1-16-7-9-18(10-8-16)15-24-20(25)12-11-19(23-24)21(26)22-14-13-17-5-3-2-4-6-17/h5,7-12H,2-4,6,13-15H2,1H3,(H,22,26). The van der Waals surface area contributed by atoms with Gasteiger partial charge in [0.2, 0.25) is 0 Å². The van der Waals surface area contributed by atoms with E-state index in [1.807, 2.05) is 31.2 Å². The van der Waals surface area contributed by atoms with Crippen LogP contribution in [0.2, 0.25) is 0 Å². The second kappa shape index (κ2) is 8.61. The van der Waals surface area contributed by atoms with Crippen molar-refractivity contribution >= 4 is 5.91 Å². The zero-order valence-electron chi connectivity index (χ0n) is 15.2. The molecule has 1 N–H and O–H groups in total. The number of allylic oxidation sites excluding steroid dienone is 1. The summed E-state index contributed by atoms with van der Waals surface area (Å²) in [6, 6.07) is 10.8. The Morgan fingerprint density at radius 3 is 2.69 bits per heavy atom. The SMILES string of the molecule is Cc1ccc(Cn2nc(C(=O)NCCC3=CCCCC3)ccc2=O)cc1. The number of amides is 1. The van der Waals surface area contributed by atoms with Crippen molar-refractivity contribution in [2.75, 3.05) is 6.54 Å². The molecule has 0 bridgehead atoms. The highest BCUT2D eigenvalue weighted by atomic mass is 16.2. The van der Waals surface area contributed by atoms with Gasteiger partial charge >= 0.3 is 0 Å². The summed E-state index contributed by atoms with van der Waals surface area (Å²) in [4.78, 5) is 24.4. The summed E-state index contributed by atoms with van der Waals surface area (Å²) >= 11 is 0. The maximum Gasteiger partial charge on any atom is 0.271 e. The lowest BCUT2D eigenvalue weighted by atomic mass is 9.97. The van der Waals surface area contributed by atoms with Crippen LogP contribution in [-0.4, -0.2) is 22.2 Å². The molecule has 5 nitrogen and oxygen atoms in total. The molecule has 1 aliphatic rings. The van der Waals surface area contributed by atoms with E-state index in [-0.39, 0.29) is 17.2 Å². The average molecular weight is 351 g/mol. The molecule has 26 heavy (non-hydrogen) atoms. The quantitative estimate of drug-likeness (QED) is 0.813. The zero-order valence-corrected chi connectivity index (χ0v) is 15.2. The summed E-state index contributed by atoms with van der Waals surface area (Å²) in [6.07, 6.45) is 7.96. The van der Waals surface area contributed by atoms with Gasteiger partial charge in [0, 0.05) is 12.6 Å². The lowest BCUT2D eigenvalue weighted by molar-refractivity contribution is 0.0946. The van der Waals surface area contributed by atoms with Crippen LogP contribution in [0.5, 0.6) is 0 Å². The number of rotatable bonds is 6. The van der Waals surface area contributed by atoms with Crippen LogP contribution in [0.25, 0.3) is 0 Å². The van der Waals surface area contributed by atoms with Crippen LogP contribution in [0.3, 0.4) is 0 Å². The van der Waals surface area contributed by atoms with Crippen LogP contribution >= 0.6 is 0 Å². The van der Waals surface area contributed by atoms with Gasteiger partial charge in [0.1, 0.15) is 5.69 Å². The molecule has 0 unspecified atom stereocenters. The Labute approximate surface area is 153 Å². The van der Waals surface area contributed by atoms with E-state index in [1.54, 1.807) is 0 Å². The van der Waals surface area contributed by atoms with Crippen molar-refractivity contribution in [1.29, 1.82) is 0 Å². The fourth-order valence-corrected chi connectivity index (χ4v) is 3.11. The van der Waals surface area contributed by atoms with E-state index in [2.05, 4.69) is 16.5 Å². The third-order valence-corrected chi connectivity index (χ3v) is 4.67. The summed E-state index contributed by atoms with van der Waals surface area (Å²) in [6.45, 7) is 2.97. The van der Waals surface area contributed by atoms with Crippen molar-refractivity contribution in [3.8, 4) is 0 Å². The van der Waals surface area contributed by atoms with Crippen LogP contribution in [-0.2, 0) is 6.54 Å². The molecular formula is C21H25N3O2. The van der Waals surface area contributed by atoms with Crippen LogP contribution in [0.15, 0.2) is 52.8 Å². The number of nitrogens with zero attached hydrogens (tertiary/aromatic N) is 2. The highest BCUT2D eigenvalue weighted by Gasteiger charge is 2.10. The Hall–Kier alpha value is -2.69. The molecule has 0 saturated heterocycles. The molecule has 0 radical (unpaired) electrons. The van der Waals surface area contributed by atoms with Gasteiger partial charge in [-0.3, -0.25) is 9.59 Å². The van der Waals surface area contributed by atoms with Crippen LogP contribution in [0.4, 0.5) is 0 Å². The summed E-state index contributed by atoms with van der Waals surface area (Å²) in [5, 5.41) is 7.14. The second-order valence-electron chi connectivity index (χ2n) is 6.81. The maximum atomic E-state index is 12.3. The molecule has 1 heterocycles. The topological polar surface area (TPSA) is 64.0 Å². The molecule has 1 aromatic carbocycles. The molecule has 1 aliphatic carbocycles. The summed E-state index contributed by atoms with van der Waals surface area (Å²) < 4.78 is 1.34. The van der Waals surface area contributed by atoms with E-state index >= 15 is 0 Å². The third kappa shape index (κ3) is 4.91. The minimum absolute atomic E-state index is 0.213. The number of nitrogens with one attached hydrogen (secondary N) is 1. The van der Waals surface area contributed by atoms with Crippen molar-refractivity contribution in [1.82, 2.24) is 15.1 Å². The van der Waals surface area contributed by atoms with Gasteiger partial charge in [-0.05, 0) is 50.7 Å². The molecule has 0 saturated carbocycles. The van der Waals surface area contributed by atoms with E-state index in [0.29, 0.717) is 13.1 Å². The molecule has 1 amide bonds. The minimum atomic E-state index is -0.237. The maximum absolute atomic E-state index is 12.3. The molecule has 5 heteroatoms. The lowest BCUT2D eigenvalue weighted by Crippen LogP contribution is -2.30. The van der Waals surface area contributed by atoms with Crippen molar-refractivity contribution in [2.24, 2.45) is 0 Å². The van der Waals surface area contributed by atoms with Crippen LogP contribution in [0.1, 0.15) is 53.7 Å². The zero-order chi connectivity index (χ0) is 18.4. The smallest absolute Gasteiger partial charge is 0.271 e. The fraction of sp³-hybridized carbons (Fsp3) is 0.381. The number of benzene rings is 1. The normalized spacial score (nSPS) is 14.0. The summed E-state index contributed by atoms with van der Waals surface area (Å²) in [5.41, 5.74) is 3.62. The van der Waals surface area contributed by atoms with Gasteiger partial charge in [-0.1, -0.05) is 41.5 Å². The third-order valence-electron chi connectivity index (χ3n) is 4.67. The first-order chi connectivity index (χ1) is 12.6. The molecular weight excluding hydrogens is 326 g/mol. The van der Waals surface area contributed by atoms with E-state index in [9.17, 15) is 9.59 Å². The Morgan fingerprint density at radius 1 is 1.15 bits per heavy atom. The Balaban J connectivity index is 1.62. The monoisotopic (exact) mass is 351 g/mol. The largest absolute Gasteiger partial charge is 0.350 e. The van der Waals surface area contributed by atoms with Gasteiger partial charge in [-0.2, -0.15) is 5.10 Å². The molecule has 0 spiro atoms. The van der Waals surface area contributed by atoms with Gasteiger partial charge in [-0.15, -0.1) is 0 Å². The van der Waals surface area contributed by atoms with E-state index in [1.165, 1.54) is 35.2 Å². The van der Waals surface area contributed by atoms with Gasteiger partial charge < -0.3 is 5.32 Å². The van der Waals surface area contributed by atoms with Crippen molar-refractivity contribution < 1.29 is 4.79 Å². The predicted octanol–water partition coefficient (Wildman–Crippen LogP) is 3.22. The van der Waals surface area contributed by atoms with Gasteiger partial charge in [0.25, 0.3) is 11.5 Å². The molecule has 1 aromatic heterocycles. The number of hydrogen-bond acceptors (Lipinski definition) is 3. The van der Waals surface area contributed by atoms with Crippen molar-refractivity contribution in [3.63, 3.8) is 0 Å². The number of hydrogen-bond donors (Lipinski definition) is 1. The molecule has 0 atom stereocenters. The Morgan fingerprint density at radius 2 is 1.96 bits per heavy atom.